The molecule has 3 rings (SSSR count). The number of carbonyl (C=O) groups is 1. The second kappa shape index (κ2) is 7.82. The predicted molar refractivity (Wildman–Crippen MR) is 96.0 cm³/mol. The fourth-order valence-electron chi connectivity index (χ4n) is 3.49. The molecular formula is C20H22ClNO2. The van der Waals surface area contributed by atoms with Crippen molar-refractivity contribution in [3.8, 4) is 0 Å². The summed E-state index contributed by atoms with van der Waals surface area (Å²) in [5.41, 5.74) is 2.44. The van der Waals surface area contributed by atoms with Gasteiger partial charge in [0.1, 0.15) is 0 Å². The number of esters is 1. The molecule has 126 valence electrons. The Bertz CT molecular complexity index is 672. The van der Waals surface area contributed by atoms with Crippen molar-refractivity contribution >= 4 is 17.6 Å². The quantitative estimate of drug-likeness (QED) is 0.782. The Morgan fingerprint density at radius 3 is 2.54 bits per heavy atom. The topological polar surface area (TPSA) is 29.5 Å². The maximum atomic E-state index is 12.2. The molecule has 3 nitrogen and oxygen atoms in total. The van der Waals surface area contributed by atoms with E-state index in [1.807, 2.05) is 30.3 Å². The minimum atomic E-state index is -0.116. The molecule has 2 aromatic carbocycles. The van der Waals surface area contributed by atoms with Crippen LogP contribution in [0.4, 0.5) is 0 Å². The van der Waals surface area contributed by atoms with Crippen molar-refractivity contribution in [3.63, 3.8) is 0 Å². The van der Waals surface area contributed by atoms with Gasteiger partial charge in [-0.1, -0.05) is 54.1 Å². The molecule has 0 aliphatic carbocycles. The van der Waals surface area contributed by atoms with E-state index in [-0.39, 0.29) is 17.8 Å². The van der Waals surface area contributed by atoms with Crippen LogP contribution in [-0.4, -0.2) is 31.1 Å². The number of rotatable bonds is 4. The summed E-state index contributed by atoms with van der Waals surface area (Å²) in [7, 11) is 1.47. The zero-order chi connectivity index (χ0) is 16.9. The molecule has 2 aromatic rings. The minimum absolute atomic E-state index is 0.0943. The highest BCUT2D eigenvalue weighted by molar-refractivity contribution is 6.30. The van der Waals surface area contributed by atoms with Crippen molar-refractivity contribution in [2.24, 2.45) is 5.92 Å². The smallest absolute Gasteiger partial charge is 0.309 e. The number of hydrogen-bond acceptors (Lipinski definition) is 3. The van der Waals surface area contributed by atoms with E-state index in [1.165, 1.54) is 12.7 Å². The first kappa shape index (κ1) is 17.0. The lowest BCUT2D eigenvalue weighted by atomic mass is 9.80. The summed E-state index contributed by atoms with van der Waals surface area (Å²) in [5.74, 6) is -0.0790. The van der Waals surface area contributed by atoms with Gasteiger partial charge in [-0.25, -0.2) is 0 Å². The van der Waals surface area contributed by atoms with E-state index in [2.05, 4.69) is 29.2 Å². The average molecular weight is 344 g/mol. The SMILES string of the molecule is COC(=O)[C@H]1CCN(Cc2ccccc2)C[C@H]1c1ccc(Cl)cc1. The Morgan fingerprint density at radius 2 is 1.88 bits per heavy atom. The Labute approximate surface area is 148 Å². The summed E-state index contributed by atoms with van der Waals surface area (Å²) in [6.07, 6.45) is 0.812. The predicted octanol–water partition coefficient (Wildman–Crippen LogP) is 4.12. The van der Waals surface area contributed by atoms with E-state index in [0.717, 1.165) is 31.6 Å². The van der Waals surface area contributed by atoms with E-state index in [9.17, 15) is 4.79 Å². The molecule has 24 heavy (non-hydrogen) atoms. The first-order chi connectivity index (χ1) is 11.7. The number of carbonyl (C=O) groups excluding carboxylic acids is 1. The number of hydrogen-bond donors (Lipinski definition) is 0. The Balaban J connectivity index is 1.79. The third-order valence-corrected chi connectivity index (χ3v) is 5.00. The van der Waals surface area contributed by atoms with Gasteiger partial charge in [-0.05, 0) is 36.2 Å². The van der Waals surface area contributed by atoms with Crippen LogP contribution < -0.4 is 0 Å². The van der Waals surface area contributed by atoms with Crippen molar-refractivity contribution in [2.75, 3.05) is 20.2 Å². The molecule has 0 saturated carbocycles. The Kier molecular flexibility index (Phi) is 5.54. The van der Waals surface area contributed by atoms with Gasteiger partial charge in [-0.3, -0.25) is 9.69 Å². The summed E-state index contributed by atoms with van der Waals surface area (Å²) < 4.78 is 5.04. The standard InChI is InChI=1S/C20H22ClNO2/c1-24-20(23)18-11-12-22(13-15-5-3-2-4-6-15)14-19(18)16-7-9-17(21)10-8-16/h2-10,18-19H,11-14H2,1H3/t18-,19-/m0/s1. The van der Waals surface area contributed by atoms with Crippen LogP contribution >= 0.6 is 11.6 Å². The highest BCUT2D eigenvalue weighted by Crippen LogP contribution is 2.34. The highest BCUT2D eigenvalue weighted by Gasteiger charge is 2.35. The van der Waals surface area contributed by atoms with Crippen LogP contribution in [0, 0.1) is 5.92 Å². The van der Waals surface area contributed by atoms with Gasteiger partial charge in [0.05, 0.1) is 13.0 Å². The van der Waals surface area contributed by atoms with Gasteiger partial charge in [0.2, 0.25) is 0 Å². The highest BCUT2D eigenvalue weighted by atomic mass is 35.5. The monoisotopic (exact) mass is 343 g/mol. The number of halogens is 1. The van der Waals surface area contributed by atoms with E-state index in [4.69, 9.17) is 16.3 Å². The summed E-state index contributed by atoms with van der Waals surface area (Å²) in [6, 6.07) is 18.3. The molecular weight excluding hydrogens is 322 g/mol. The molecule has 1 heterocycles. The molecule has 1 aliphatic heterocycles. The van der Waals surface area contributed by atoms with Crippen LogP contribution in [0.5, 0.6) is 0 Å². The van der Waals surface area contributed by atoms with Gasteiger partial charge in [0.15, 0.2) is 0 Å². The van der Waals surface area contributed by atoms with Gasteiger partial charge in [-0.15, -0.1) is 0 Å². The molecule has 1 aliphatic rings. The van der Waals surface area contributed by atoms with Gasteiger partial charge < -0.3 is 4.74 Å². The zero-order valence-corrected chi connectivity index (χ0v) is 14.6. The van der Waals surface area contributed by atoms with Crippen molar-refractivity contribution in [3.05, 3.63) is 70.7 Å². The lowest BCUT2D eigenvalue weighted by Crippen LogP contribution is -2.42. The number of piperidine rings is 1. The van der Waals surface area contributed by atoms with Crippen LogP contribution in [0.25, 0.3) is 0 Å². The summed E-state index contributed by atoms with van der Waals surface area (Å²) >= 11 is 6.01. The molecule has 0 radical (unpaired) electrons. The summed E-state index contributed by atoms with van der Waals surface area (Å²) in [6.45, 7) is 2.65. The molecule has 0 bridgehead atoms. The van der Waals surface area contributed by atoms with Crippen molar-refractivity contribution in [2.45, 2.75) is 18.9 Å². The molecule has 1 fully saturated rings. The zero-order valence-electron chi connectivity index (χ0n) is 13.8. The maximum Gasteiger partial charge on any atom is 0.309 e. The largest absolute Gasteiger partial charge is 0.469 e. The third-order valence-electron chi connectivity index (χ3n) is 4.75. The minimum Gasteiger partial charge on any atom is -0.469 e. The van der Waals surface area contributed by atoms with Gasteiger partial charge in [0, 0.05) is 24.0 Å². The van der Waals surface area contributed by atoms with E-state index in [0.29, 0.717) is 5.02 Å². The maximum absolute atomic E-state index is 12.2. The van der Waals surface area contributed by atoms with Gasteiger partial charge in [0.25, 0.3) is 0 Å². The normalized spacial score (nSPS) is 21.4. The fourth-order valence-corrected chi connectivity index (χ4v) is 3.61. The Morgan fingerprint density at radius 1 is 1.17 bits per heavy atom. The second-order valence-electron chi connectivity index (χ2n) is 6.30. The third kappa shape index (κ3) is 3.97. The van der Waals surface area contributed by atoms with Crippen molar-refractivity contribution < 1.29 is 9.53 Å². The summed E-state index contributed by atoms with van der Waals surface area (Å²) in [5, 5.41) is 0.713. The molecule has 4 heteroatoms. The molecule has 2 atom stereocenters. The van der Waals surface area contributed by atoms with E-state index in [1.54, 1.807) is 0 Å². The van der Waals surface area contributed by atoms with Crippen LogP contribution in [0.1, 0.15) is 23.5 Å². The lowest BCUT2D eigenvalue weighted by molar-refractivity contribution is -0.148. The van der Waals surface area contributed by atoms with Crippen LogP contribution in [0.2, 0.25) is 5.02 Å². The molecule has 0 amide bonds. The first-order valence-corrected chi connectivity index (χ1v) is 8.64. The second-order valence-corrected chi connectivity index (χ2v) is 6.73. The number of likely N-dealkylation sites (tertiary alicyclic amines) is 1. The van der Waals surface area contributed by atoms with Crippen LogP contribution in [0.3, 0.4) is 0 Å². The van der Waals surface area contributed by atoms with Crippen LogP contribution in [0.15, 0.2) is 54.6 Å². The molecule has 0 aromatic heterocycles. The average Bonchev–Trinajstić information content (AvgIpc) is 2.62. The van der Waals surface area contributed by atoms with E-state index >= 15 is 0 Å². The lowest BCUT2D eigenvalue weighted by Gasteiger charge is -2.37. The van der Waals surface area contributed by atoms with Gasteiger partial charge in [-0.2, -0.15) is 0 Å². The molecule has 0 spiro atoms. The fraction of sp³-hybridized carbons (Fsp3) is 0.350. The number of ether oxygens (including phenoxy) is 1. The first-order valence-electron chi connectivity index (χ1n) is 8.27. The van der Waals surface area contributed by atoms with Gasteiger partial charge >= 0.3 is 5.97 Å². The van der Waals surface area contributed by atoms with Crippen molar-refractivity contribution in [1.29, 1.82) is 0 Å². The Hall–Kier alpha value is -1.84. The summed E-state index contributed by atoms with van der Waals surface area (Å²) in [4.78, 5) is 14.6. The van der Waals surface area contributed by atoms with Crippen LogP contribution in [-0.2, 0) is 16.1 Å². The molecule has 0 N–H and O–H groups in total. The number of benzene rings is 2. The molecule has 1 saturated heterocycles. The number of methoxy groups -OCH3 is 1. The van der Waals surface area contributed by atoms with Crippen molar-refractivity contribution in [1.82, 2.24) is 4.90 Å². The van der Waals surface area contributed by atoms with E-state index < -0.39 is 0 Å². The number of nitrogens with zero attached hydrogens (tertiary/aromatic N) is 1. The molecule has 0 unspecified atom stereocenters.